The number of amides is 1. The molecule has 0 bridgehead atoms. The van der Waals surface area contributed by atoms with Crippen molar-refractivity contribution in [2.24, 2.45) is 0 Å². The number of nitrogens with zero attached hydrogens (tertiary/aromatic N) is 2. The second-order valence-corrected chi connectivity index (χ2v) is 4.87. The summed E-state index contributed by atoms with van der Waals surface area (Å²) < 4.78 is 0. The predicted octanol–water partition coefficient (Wildman–Crippen LogP) is 2.97. The van der Waals surface area contributed by atoms with Gasteiger partial charge >= 0.3 is 0 Å². The van der Waals surface area contributed by atoms with Gasteiger partial charge in [-0.25, -0.2) is 4.98 Å². The maximum Gasteiger partial charge on any atom is 0.262 e. The molecule has 0 saturated carbocycles. The fraction of sp³-hybridized carbons (Fsp3) is 0.235. The molecule has 0 saturated heterocycles. The summed E-state index contributed by atoms with van der Waals surface area (Å²) in [6, 6.07) is 11.6. The van der Waals surface area contributed by atoms with Gasteiger partial charge in [-0.15, -0.1) is 0 Å². The highest BCUT2D eigenvalue weighted by Gasteiger charge is 2.16. The van der Waals surface area contributed by atoms with E-state index in [4.69, 9.17) is 0 Å². The molecule has 1 amide bonds. The summed E-state index contributed by atoms with van der Waals surface area (Å²) in [4.78, 5) is 19.2. The van der Waals surface area contributed by atoms with Gasteiger partial charge in [-0.1, -0.05) is 43.7 Å². The van der Waals surface area contributed by atoms with Crippen LogP contribution < -0.4 is 5.32 Å². The van der Waals surface area contributed by atoms with E-state index in [9.17, 15) is 10.1 Å². The number of carbonyl (C=O) groups excluding carboxylic acids is 1. The topological polar surface area (TPSA) is 81.6 Å². The van der Waals surface area contributed by atoms with Gasteiger partial charge in [0.25, 0.3) is 5.91 Å². The highest BCUT2D eigenvalue weighted by atomic mass is 16.1. The Morgan fingerprint density at radius 1 is 1.45 bits per heavy atom. The summed E-state index contributed by atoms with van der Waals surface area (Å²) in [6.07, 6.45) is 6.41. The smallest absolute Gasteiger partial charge is 0.262 e. The molecule has 0 aliphatic rings. The Morgan fingerprint density at radius 3 is 2.82 bits per heavy atom. The molecule has 2 aromatic rings. The number of H-pyrrole nitrogens is 1. The molecule has 1 aromatic heterocycles. The molecule has 0 unspecified atom stereocenters. The fourth-order valence-electron chi connectivity index (χ4n) is 2.17. The van der Waals surface area contributed by atoms with Gasteiger partial charge in [0.2, 0.25) is 0 Å². The molecule has 1 atom stereocenters. The van der Waals surface area contributed by atoms with Gasteiger partial charge in [-0.05, 0) is 12.0 Å². The molecule has 0 aliphatic carbocycles. The molecule has 0 spiro atoms. The first-order valence-electron chi connectivity index (χ1n) is 7.21. The second-order valence-electron chi connectivity index (χ2n) is 4.87. The average molecular weight is 294 g/mol. The third-order valence-electron chi connectivity index (χ3n) is 3.25. The number of rotatable bonds is 6. The van der Waals surface area contributed by atoms with Crippen molar-refractivity contribution in [1.29, 1.82) is 5.26 Å². The molecule has 0 radical (unpaired) electrons. The van der Waals surface area contributed by atoms with Crippen molar-refractivity contribution in [3.8, 4) is 6.07 Å². The van der Waals surface area contributed by atoms with Crippen LogP contribution >= 0.6 is 0 Å². The Hall–Kier alpha value is -2.87. The van der Waals surface area contributed by atoms with Crippen molar-refractivity contribution < 1.29 is 4.79 Å². The quantitative estimate of drug-likeness (QED) is 0.634. The molecule has 5 nitrogen and oxygen atoms in total. The summed E-state index contributed by atoms with van der Waals surface area (Å²) in [5.41, 5.74) is 1.07. The van der Waals surface area contributed by atoms with Crippen molar-refractivity contribution in [2.75, 3.05) is 0 Å². The van der Waals surface area contributed by atoms with Crippen molar-refractivity contribution in [1.82, 2.24) is 15.3 Å². The van der Waals surface area contributed by atoms with Crippen LogP contribution in [0.4, 0.5) is 0 Å². The van der Waals surface area contributed by atoms with Crippen LogP contribution in [0.2, 0.25) is 0 Å². The van der Waals surface area contributed by atoms with Gasteiger partial charge in [-0.3, -0.25) is 4.79 Å². The van der Waals surface area contributed by atoms with E-state index in [1.165, 1.54) is 6.08 Å². The first kappa shape index (κ1) is 15.5. The second kappa shape index (κ2) is 7.79. The highest BCUT2D eigenvalue weighted by molar-refractivity contribution is 6.01. The number of carbonyl (C=O) groups is 1. The van der Waals surface area contributed by atoms with Crippen molar-refractivity contribution >= 4 is 12.0 Å². The number of benzene rings is 1. The molecule has 2 N–H and O–H groups in total. The molecule has 1 heterocycles. The average Bonchev–Trinajstić information content (AvgIpc) is 3.06. The van der Waals surface area contributed by atoms with Gasteiger partial charge in [0.15, 0.2) is 0 Å². The number of hydrogen-bond acceptors (Lipinski definition) is 3. The molecule has 0 fully saturated rings. The molecular weight excluding hydrogens is 276 g/mol. The van der Waals surface area contributed by atoms with Crippen molar-refractivity contribution in [3.63, 3.8) is 0 Å². The zero-order valence-electron chi connectivity index (χ0n) is 12.4. The lowest BCUT2D eigenvalue weighted by atomic mass is 10.0. The standard InChI is InChI=1S/C17H18N4O/c1-2-6-15(13-7-4-3-5-8-13)21-17(22)14(12-18)11-16-19-9-10-20-16/h3-5,7-11,15H,2,6H2,1H3,(H,19,20)(H,21,22)/b14-11+/t15-/m0/s1. The Morgan fingerprint density at radius 2 is 2.23 bits per heavy atom. The van der Waals surface area contributed by atoms with E-state index in [-0.39, 0.29) is 17.5 Å². The minimum absolute atomic E-state index is 0.0342. The van der Waals surface area contributed by atoms with Gasteiger partial charge in [0, 0.05) is 18.5 Å². The maximum atomic E-state index is 12.3. The van der Waals surface area contributed by atoms with Crippen LogP contribution in [0, 0.1) is 11.3 Å². The van der Waals surface area contributed by atoms with Gasteiger partial charge in [0.05, 0.1) is 6.04 Å². The van der Waals surface area contributed by atoms with E-state index in [1.54, 1.807) is 12.4 Å². The number of imidazole rings is 1. The van der Waals surface area contributed by atoms with Crippen molar-refractivity contribution in [2.45, 2.75) is 25.8 Å². The summed E-state index contributed by atoms with van der Waals surface area (Å²) in [6.45, 7) is 2.06. The van der Waals surface area contributed by atoms with Gasteiger partial charge in [0.1, 0.15) is 17.5 Å². The molecule has 5 heteroatoms. The number of nitrogens with one attached hydrogen (secondary N) is 2. The lowest BCUT2D eigenvalue weighted by Crippen LogP contribution is -2.29. The van der Waals surface area contributed by atoms with Gasteiger partial charge < -0.3 is 10.3 Å². The SMILES string of the molecule is CCC[C@H](NC(=O)/C(C#N)=C/c1ncc[nH]1)c1ccccc1. The molecule has 112 valence electrons. The first-order chi connectivity index (χ1) is 10.7. The summed E-state index contributed by atoms with van der Waals surface area (Å²) >= 11 is 0. The van der Waals surface area contributed by atoms with Crippen LogP contribution in [-0.4, -0.2) is 15.9 Å². The van der Waals surface area contributed by atoms with E-state index < -0.39 is 0 Å². The van der Waals surface area contributed by atoms with E-state index in [0.29, 0.717) is 5.82 Å². The normalized spacial score (nSPS) is 12.5. The Balaban J connectivity index is 2.15. The van der Waals surface area contributed by atoms with Crippen LogP contribution in [0.3, 0.4) is 0 Å². The molecular formula is C17H18N4O. The van der Waals surface area contributed by atoms with Crippen LogP contribution in [0.1, 0.15) is 37.2 Å². The van der Waals surface area contributed by atoms with E-state index in [0.717, 1.165) is 18.4 Å². The Labute approximate surface area is 129 Å². The van der Waals surface area contributed by atoms with E-state index >= 15 is 0 Å². The zero-order chi connectivity index (χ0) is 15.8. The maximum absolute atomic E-state index is 12.3. The lowest BCUT2D eigenvalue weighted by molar-refractivity contribution is -0.117. The summed E-state index contributed by atoms with van der Waals surface area (Å²) in [5.74, 6) is 0.0969. The van der Waals surface area contributed by atoms with Gasteiger partial charge in [-0.2, -0.15) is 5.26 Å². The summed E-state index contributed by atoms with van der Waals surface area (Å²) in [5, 5.41) is 12.1. The number of hydrogen-bond donors (Lipinski definition) is 2. The Bertz CT molecular complexity index is 668. The van der Waals surface area contributed by atoms with E-state index in [2.05, 4.69) is 22.2 Å². The third-order valence-corrected chi connectivity index (χ3v) is 3.25. The Kier molecular flexibility index (Phi) is 5.50. The molecule has 2 rings (SSSR count). The highest BCUT2D eigenvalue weighted by Crippen LogP contribution is 2.18. The predicted molar refractivity (Wildman–Crippen MR) is 84.4 cm³/mol. The number of aromatic nitrogens is 2. The van der Waals surface area contributed by atoms with Crippen LogP contribution in [0.25, 0.3) is 6.08 Å². The minimum atomic E-state index is -0.388. The fourth-order valence-corrected chi connectivity index (χ4v) is 2.17. The lowest BCUT2D eigenvalue weighted by Gasteiger charge is -2.18. The summed E-state index contributed by atoms with van der Waals surface area (Å²) in [7, 11) is 0. The number of nitriles is 1. The van der Waals surface area contributed by atoms with E-state index in [1.807, 2.05) is 36.4 Å². The largest absolute Gasteiger partial charge is 0.345 e. The zero-order valence-corrected chi connectivity index (χ0v) is 12.4. The first-order valence-corrected chi connectivity index (χ1v) is 7.21. The number of aromatic amines is 1. The van der Waals surface area contributed by atoms with Crippen molar-refractivity contribution in [3.05, 3.63) is 59.7 Å². The van der Waals surface area contributed by atoms with Crippen LogP contribution in [0.5, 0.6) is 0 Å². The molecule has 1 aromatic carbocycles. The minimum Gasteiger partial charge on any atom is -0.345 e. The molecule has 22 heavy (non-hydrogen) atoms. The monoisotopic (exact) mass is 294 g/mol. The molecule has 0 aliphatic heterocycles. The third kappa shape index (κ3) is 4.06. The van der Waals surface area contributed by atoms with Crippen LogP contribution in [0.15, 0.2) is 48.3 Å². The van der Waals surface area contributed by atoms with Crippen LogP contribution in [-0.2, 0) is 4.79 Å².